The molecule has 0 aromatic heterocycles. The van der Waals surface area contributed by atoms with E-state index in [9.17, 15) is 13.2 Å². The molecule has 2 aromatic rings. The number of hydrogen-bond donors (Lipinski definition) is 1. The van der Waals surface area contributed by atoms with Crippen LogP contribution in [0.5, 0.6) is 5.75 Å². The quantitative estimate of drug-likeness (QED) is 0.657. The molecule has 2 aliphatic rings. The van der Waals surface area contributed by atoms with E-state index >= 15 is 0 Å². The van der Waals surface area contributed by atoms with Crippen LogP contribution in [0.2, 0.25) is 5.02 Å². The van der Waals surface area contributed by atoms with Crippen molar-refractivity contribution in [1.82, 2.24) is 4.31 Å². The summed E-state index contributed by atoms with van der Waals surface area (Å²) >= 11 is 6.48. The van der Waals surface area contributed by atoms with Crippen LogP contribution in [0.15, 0.2) is 48.5 Å². The number of hydrogen-bond acceptors (Lipinski definition) is 5. The van der Waals surface area contributed by atoms with Crippen LogP contribution in [0.3, 0.4) is 0 Å². The lowest BCUT2D eigenvalue weighted by atomic mass is 10.0. The Morgan fingerprint density at radius 1 is 1.06 bits per heavy atom. The van der Waals surface area contributed by atoms with Gasteiger partial charge in [0.05, 0.1) is 17.8 Å². The molecule has 2 aliphatic heterocycles. The van der Waals surface area contributed by atoms with E-state index in [0.29, 0.717) is 29.4 Å². The number of rotatable bonds is 6. The Bertz CT molecular complexity index is 1080. The average molecular weight is 492 g/mol. The third-order valence-electron chi connectivity index (χ3n) is 6.17. The number of anilines is 2. The predicted octanol–water partition coefficient (Wildman–Crippen LogP) is 4.14. The van der Waals surface area contributed by atoms with Crippen LogP contribution < -0.4 is 15.0 Å². The van der Waals surface area contributed by atoms with Gasteiger partial charge in [0, 0.05) is 24.5 Å². The number of amides is 1. The molecule has 33 heavy (non-hydrogen) atoms. The van der Waals surface area contributed by atoms with Crippen molar-refractivity contribution in [1.29, 1.82) is 0 Å². The minimum absolute atomic E-state index is 0.0162. The first-order valence-corrected chi connectivity index (χ1v) is 13.6. The van der Waals surface area contributed by atoms with Crippen LogP contribution in [-0.2, 0) is 14.8 Å². The number of sulfonamides is 1. The summed E-state index contributed by atoms with van der Waals surface area (Å²) in [6.07, 6.45) is 5.23. The Balaban J connectivity index is 1.39. The Morgan fingerprint density at radius 2 is 1.85 bits per heavy atom. The third-order valence-corrected chi connectivity index (χ3v) is 7.76. The minimum Gasteiger partial charge on any atom is -0.487 e. The maximum absolute atomic E-state index is 12.8. The van der Waals surface area contributed by atoms with Gasteiger partial charge in [-0.25, -0.2) is 8.42 Å². The van der Waals surface area contributed by atoms with Crippen LogP contribution in [0.4, 0.5) is 11.4 Å². The van der Waals surface area contributed by atoms with Gasteiger partial charge < -0.3 is 15.0 Å². The summed E-state index contributed by atoms with van der Waals surface area (Å²) in [4.78, 5) is 15.1. The van der Waals surface area contributed by atoms with E-state index in [2.05, 4.69) is 22.3 Å². The van der Waals surface area contributed by atoms with Crippen molar-refractivity contribution in [2.24, 2.45) is 0 Å². The number of nitrogens with zero attached hydrogens (tertiary/aromatic N) is 2. The normalized spacial score (nSPS) is 22.1. The fourth-order valence-electron chi connectivity index (χ4n) is 4.55. The molecule has 2 saturated heterocycles. The van der Waals surface area contributed by atoms with Crippen molar-refractivity contribution in [3.8, 4) is 5.75 Å². The van der Waals surface area contributed by atoms with Gasteiger partial charge in [-0.2, -0.15) is 4.31 Å². The molecule has 2 heterocycles. The van der Waals surface area contributed by atoms with Crippen molar-refractivity contribution >= 4 is 38.9 Å². The lowest BCUT2D eigenvalue weighted by molar-refractivity contribution is -0.120. The van der Waals surface area contributed by atoms with E-state index in [4.69, 9.17) is 16.3 Å². The second-order valence-electron chi connectivity index (χ2n) is 8.68. The van der Waals surface area contributed by atoms with Gasteiger partial charge in [-0.15, -0.1) is 0 Å². The van der Waals surface area contributed by atoms with E-state index in [-0.39, 0.29) is 12.0 Å². The zero-order chi connectivity index (χ0) is 23.4. The predicted molar refractivity (Wildman–Crippen MR) is 132 cm³/mol. The van der Waals surface area contributed by atoms with Crippen LogP contribution in [0, 0.1) is 0 Å². The monoisotopic (exact) mass is 491 g/mol. The Labute approximate surface area is 200 Å². The first kappa shape index (κ1) is 23.9. The molecular formula is C24H30ClN3O4S. The summed E-state index contributed by atoms with van der Waals surface area (Å²) in [5.41, 5.74) is 1.70. The summed E-state index contributed by atoms with van der Waals surface area (Å²) in [5, 5.41) is 3.23. The summed E-state index contributed by atoms with van der Waals surface area (Å²) in [7, 11) is -3.45. The smallest absolute Gasteiger partial charge is 0.242 e. The molecule has 2 atom stereocenters. The second kappa shape index (κ2) is 10.3. The van der Waals surface area contributed by atoms with Crippen LogP contribution in [0.1, 0.15) is 32.1 Å². The van der Waals surface area contributed by atoms with Crippen LogP contribution >= 0.6 is 11.6 Å². The van der Waals surface area contributed by atoms with Crippen molar-refractivity contribution in [3.63, 3.8) is 0 Å². The Kier molecular flexibility index (Phi) is 7.46. The molecule has 4 rings (SSSR count). The SMILES string of the molecule is CS(=O)(=O)N1CCCC[C@@H]1C(=O)Nc1ccc(O[C@H]2CCCN(c3ccccc3)C2)c(Cl)c1. The molecule has 0 aliphatic carbocycles. The number of carbonyl (C=O) groups is 1. The molecule has 1 N–H and O–H groups in total. The first-order chi connectivity index (χ1) is 15.8. The minimum atomic E-state index is -3.45. The molecule has 9 heteroatoms. The average Bonchev–Trinajstić information content (AvgIpc) is 2.81. The highest BCUT2D eigenvalue weighted by molar-refractivity contribution is 7.88. The summed E-state index contributed by atoms with van der Waals surface area (Å²) in [6, 6.07) is 14.7. The van der Waals surface area contributed by atoms with Crippen LogP contribution in [0.25, 0.3) is 0 Å². The van der Waals surface area contributed by atoms with Gasteiger partial charge >= 0.3 is 0 Å². The third kappa shape index (κ3) is 5.99. The molecule has 0 saturated carbocycles. The van der Waals surface area contributed by atoms with Gasteiger partial charge in [0.25, 0.3) is 0 Å². The van der Waals surface area contributed by atoms with E-state index < -0.39 is 16.1 Å². The van der Waals surface area contributed by atoms with E-state index in [1.807, 2.05) is 18.2 Å². The number of halogens is 1. The molecule has 178 valence electrons. The van der Waals surface area contributed by atoms with E-state index in [0.717, 1.165) is 45.0 Å². The topological polar surface area (TPSA) is 79.0 Å². The van der Waals surface area contributed by atoms with Crippen molar-refractivity contribution < 1.29 is 17.9 Å². The Morgan fingerprint density at radius 3 is 2.58 bits per heavy atom. The fourth-order valence-corrected chi connectivity index (χ4v) is 5.90. The highest BCUT2D eigenvalue weighted by Gasteiger charge is 2.34. The highest BCUT2D eigenvalue weighted by Crippen LogP contribution is 2.31. The van der Waals surface area contributed by atoms with Crippen molar-refractivity contribution in [2.75, 3.05) is 36.1 Å². The molecule has 2 aromatic carbocycles. The number of para-hydroxylation sites is 1. The molecular weight excluding hydrogens is 462 g/mol. The maximum atomic E-state index is 12.8. The van der Waals surface area contributed by atoms with Crippen molar-refractivity contribution in [3.05, 3.63) is 53.6 Å². The van der Waals surface area contributed by atoms with Gasteiger partial charge in [-0.3, -0.25) is 4.79 Å². The molecule has 7 nitrogen and oxygen atoms in total. The van der Waals surface area contributed by atoms with Gasteiger partial charge in [0.15, 0.2) is 0 Å². The Hall–Kier alpha value is -2.29. The molecule has 0 radical (unpaired) electrons. The zero-order valence-electron chi connectivity index (χ0n) is 18.7. The van der Waals surface area contributed by atoms with Crippen molar-refractivity contribution in [2.45, 2.75) is 44.2 Å². The van der Waals surface area contributed by atoms with E-state index in [1.54, 1.807) is 18.2 Å². The fraction of sp³-hybridized carbons (Fsp3) is 0.458. The lowest BCUT2D eigenvalue weighted by Crippen LogP contribution is -2.49. The van der Waals surface area contributed by atoms with Gasteiger partial charge in [-0.1, -0.05) is 36.2 Å². The molecule has 0 unspecified atom stereocenters. The zero-order valence-corrected chi connectivity index (χ0v) is 20.3. The van der Waals surface area contributed by atoms with Gasteiger partial charge in [0.2, 0.25) is 15.9 Å². The van der Waals surface area contributed by atoms with Crippen LogP contribution in [-0.4, -0.2) is 56.7 Å². The van der Waals surface area contributed by atoms with Gasteiger partial charge in [-0.05, 0) is 56.0 Å². The summed E-state index contributed by atoms with van der Waals surface area (Å²) < 4.78 is 31.6. The largest absolute Gasteiger partial charge is 0.487 e. The molecule has 1 amide bonds. The number of ether oxygens (including phenoxy) is 1. The van der Waals surface area contributed by atoms with Gasteiger partial charge in [0.1, 0.15) is 17.9 Å². The number of nitrogens with one attached hydrogen (secondary N) is 1. The lowest BCUT2D eigenvalue weighted by Gasteiger charge is -2.34. The first-order valence-electron chi connectivity index (χ1n) is 11.3. The molecule has 0 bridgehead atoms. The second-order valence-corrected chi connectivity index (χ2v) is 11.0. The number of carbonyl (C=O) groups excluding carboxylic acids is 1. The number of benzene rings is 2. The standard InChI is InChI=1S/C24H30ClN3O4S/c1-33(30,31)28-15-6-5-11-22(28)24(29)26-18-12-13-23(21(25)16-18)32-20-10-7-14-27(17-20)19-8-3-2-4-9-19/h2-4,8-9,12-13,16,20,22H,5-7,10-11,14-15,17H2,1H3,(H,26,29)/t20-,22+/m0/s1. The van der Waals surface area contributed by atoms with E-state index in [1.165, 1.54) is 9.99 Å². The number of piperidine rings is 2. The molecule has 0 spiro atoms. The highest BCUT2D eigenvalue weighted by atomic mass is 35.5. The maximum Gasteiger partial charge on any atom is 0.242 e. The summed E-state index contributed by atoms with van der Waals surface area (Å²) in [5.74, 6) is 0.237. The molecule has 2 fully saturated rings. The summed E-state index contributed by atoms with van der Waals surface area (Å²) in [6.45, 7) is 2.14.